The highest BCUT2D eigenvalue weighted by atomic mass is 16.6. The number of methoxy groups -OCH3 is 2. The van der Waals surface area contributed by atoms with Crippen LogP contribution in [0.3, 0.4) is 0 Å². The molecule has 0 saturated carbocycles. The number of nitrogens with one attached hydrogen (secondary N) is 2. The van der Waals surface area contributed by atoms with Crippen molar-refractivity contribution < 1.29 is 23.6 Å². The molecule has 1 aliphatic carbocycles. The van der Waals surface area contributed by atoms with Gasteiger partial charge in [-0.2, -0.15) is 9.78 Å². The van der Waals surface area contributed by atoms with Crippen molar-refractivity contribution >= 4 is 17.4 Å². The monoisotopic (exact) mass is 506 g/mol. The van der Waals surface area contributed by atoms with Gasteiger partial charge in [0.2, 0.25) is 5.95 Å². The highest BCUT2D eigenvalue weighted by molar-refractivity contribution is 6.07. The van der Waals surface area contributed by atoms with E-state index in [2.05, 4.69) is 20.4 Å². The molecule has 3 aromatic heterocycles. The van der Waals surface area contributed by atoms with Gasteiger partial charge in [-0.25, -0.2) is 4.98 Å². The molecule has 3 heterocycles. The number of ether oxygens (including phenoxy) is 2. The van der Waals surface area contributed by atoms with Crippen LogP contribution < -0.4 is 20.3 Å². The minimum absolute atomic E-state index is 0.0977. The third kappa shape index (κ3) is 4.42. The number of nitrogens with zero attached hydrogens (tertiary/aromatic N) is 4. The normalized spacial score (nSPS) is 12.6. The van der Waals surface area contributed by atoms with E-state index in [1.54, 1.807) is 12.1 Å². The molecule has 0 saturated heterocycles. The van der Waals surface area contributed by atoms with E-state index in [1.807, 2.05) is 0 Å². The molecule has 0 fully saturated rings. The summed E-state index contributed by atoms with van der Waals surface area (Å²) >= 11 is 0. The zero-order valence-corrected chi connectivity index (χ0v) is 19.9. The number of fused-ring (bicyclic) bond motifs is 1. The van der Waals surface area contributed by atoms with Crippen molar-refractivity contribution in [3.63, 3.8) is 0 Å². The first kappa shape index (κ1) is 23.8. The van der Waals surface area contributed by atoms with Gasteiger partial charge < -0.3 is 19.2 Å². The Balaban J connectivity index is 1.60. The van der Waals surface area contributed by atoms with E-state index in [4.69, 9.17) is 13.9 Å². The maximum atomic E-state index is 13.3. The first-order chi connectivity index (χ1) is 17.9. The van der Waals surface area contributed by atoms with Crippen LogP contribution in [0.25, 0.3) is 17.4 Å². The second kappa shape index (κ2) is 9.60. The van der Waals surface area contributed by atoms with Crippen LogP contribution in [0.5, 0.6) is 11.5 Å². The highest BCUT2D eigenvalue weighted by Crippen LogP contribution is 2.35. The van der Waals surface area contributed by atoms with E-state index >= 15 is 0 Å². The van der Waals surface area contributed by atoms with Gasteiger partial charge in [0.15, 0.2) is 17.3 Å². The van der Waals surface area contributed by atoms with E-state index in [0.717, 1.165) is 18.9 Å². The third-order valence-corrected chi connectivity index (χ3v) is 6.05. The number of carbonyl (C=O) groups is 1. The SMILES string of the molecule is COc1cc(C(=O)Nc2cc(-c3ccco3)nn2-c2nc3c(c(=O)[nH]2)CCCC3)c([N+](=O)[O-])cc1OC. The molecule has 1 aromatic carbocycles. The number of nitro benzene ring substituents is 1. The van der Waals surface area contributed by atoms with Crippen LogP contribution in [0.15, 0.2) is 45.8 Å². The van der Waals surface area contributed by atoms with E-state index in [9.17, 15) is 19.7 Å². The van der Waals surface area contributed by atoms with Gasteiger partial charge in [0, 0.05) is 17.7 Å². The summed E-state index contributed by atoms with van der Waals surface area (Å²) in [5.41, 5.74) is 0.646. The molecule has 0 atom stereocenters. The molecule has 13 nitrogen and oxygen atoms in total. The average molecular weight is 506 g/mol. The fraction of sp³-hybridized carbons (Fsp3) is 0.250. The quantitative estimate of drug-likeness (QED) is 0.282. The van der Waals surface area contributed by atoms with Crippen molar-refractivity contribution in [1.82, 2.24) is 19.7 Å². The number of hydrogen-bond acceptors (Lipinski definition) is 9. The van der Waals surface area contributed by atoms with Crippen LogP contribution in [0.2, 0.25) is 0 Å². The van der Waals surface area contributed by atoms with Crippen LogP contribution in [-0.2, 0) is 12.8 Å². The minimum atomic E-state index is -0.805. The Morgan fingerprint density at radius 2 is 1.95 bits per heavy atom. The molecule has 190 valence electrons. The second-order valence-electron chi connectivity index (χ2n) is 8.26. The van der Waals surface area contributed by atoms with Crippen molar-refractivity contribution in [3.8, 4) is 28.9 Å². The summed E-state index contributed by atoms with van der Waals surface area (Å²) in [6, 6.07) is 7.21. The first-order valence-electron chi connectivity index (χ1n) is 11.4. The molecule has 0 spiro atoms. The van der Waals surface area contributed by atoms with Crippen molar-refractivity contribution in [2.24, 2.45) is 0 Å². The Labute approximate surface area is 209 Å². The Kier molecular flexibility index (Phi) is 6.17. The summed E-state index contributed by atoms with van der Waals surface area (Å²) in [6.45, 7) is 0. The number of benzene rings is 1. The van der Waals surface area contributed by atoms with E-state index < -0.39 is 16.5 Å². The molecule has 0 unspecified atom stereocenters. The van der Waals surface area contributed by atoms with Crippen molar-refractivity contribution in [2.45, 2.75) is 25.7 Å². The lowest BCUT2D eigenvalue weighted by atomic mass is 9.97. The number of aryl methyl sites for hydroxylation is 1. The molecular formula is C24H22N6O7. The van der Waals surface area contributed by atoms with Crippen molar-refractivity contribution in [1.29, 1.82) is 0 Å². The molecular weight excluding hydrogens is 484 g/mol. The lowest BCUT2D eigenvalue weighted by Crippen LogP contribution is -2.25. The van der Waals surface area contributed by atoms with Gasteiger partial charge in [-0.1, -0.05) is 0 Å². The number of amides is 1. The number of aromatic amines is 1. The number of rotatable bonds is 7. The number of furan rings is 1. The lowest BCUT2D eigenvalue weighted by molar-refractivity contribution is -0.385. The predicted molar refractivity (Wildman–Crippen MR) is 130 cm³/mol. The van der Waals surface area contributed by atoms with Gasteiger partial charge in [0.1, 0.15) is 17.1 Å². The maximum Gasteiger partial charge on any atom is 0.286 e. The molecule has 0 aliphatic heterocycles. The van der Waals surface area contributed by atoms with E-state index in [-0.39, 0.29) is 34.4 Å². The fourth-order valence-electron chi connectivity index (χ4n) is 4.25. The van der Waals surface area contributed by atoms with E-state index in [0.29, 0.717) is 35.6 Å². The number of carbonyl (C=O) groups excluding carboxylic acids is 1. The van der Waals surface area contributed by atoms with E-state index in [1.165, 1.54) is 37.3 Å². The zero-order chi connectivity index (χ0) is 26.1. The smallest absolute Gasteiger partial charge is 0.286 e. The summed E-state index contributed by atoms with van der Waals surface area (Å²) in [6.07, 6.45) is 4.58. The molecule has 0 radical (unpaired) electrons. The number of aromatic nitrogens is 4. The number of nitro groups is 1. The van der Waals surface area contributed by atoms with Crippen LogP contribution in [0, 0.1) is 10.1 Å². The summed E-state index contributed by atoms with van der Waals surface area (Å²) < 4.78 is 17.0. The maximum absolute atomic E-state index is 13.3. The number of hydrogen-bond donors (Lipinski definition) is 2. The predicted octanol–water partition coefficient (Wildman–Crippen LogP) is 3.27. The first-order valence-corrected chi connectivity index (χ1v) is 11.4. The Hall–Kier alpha value is -4.94. The molecule has 2 N–H and O–H groups in total. The molecule has 1 aliphatic rings. The fourth-order valence-corrected chi connectivity index (χ4v) is 4.25. The summed E-state index contributed by atoms with van der Waals surface area (Å²) in [4.78, 5) is 44.4. The van der Waals surface area contributed by atoms with Crippen LogP contribution in [0.4, 0.5) is 11.5 Å². The minimum Gasteiger partial charge on any atom is -0.493 e. The zero-order valence-electron chi connectivity index (χ0n) is 19.9. The van der Waals surface area contributed by atoms with Gasteiger partial charge in [-0.3, -0.25) is 24.7 Å². The third-order valence-electron chi connectivity index (χ3n) is 6.05. The average Bonchev–Trinajstić information content (AvgIpc) is 3.58. The van der Waals surface area contributed by atoms with Gasteiger partial charge >= 0.3 is 0 Å². The topological polar surface area (TPSA) is 167 Å². The summed E-state index contributed by atoms with van der Waals surface area (Å²) in [7, 11) is 2.69. The van der Waals surface area contributed by atoms with Gasteiger partial charge in [0.25, 0.3) is 17.2 Å². The lowest BCUT2D eigenvalue weighted by Gasteiger charge is -2.15. The molecule has 4 aromatic rings. The highest BCUT2D eigenvalue weighted by Gasteiger charge is 2.27. The number of anilines is 1. The molecule has 37 heavy (non-hydrogen) atoms. The molecule has 13 heteroatoms. The molecule has 0 bridgehead atoms. The van der Waals surface area contributed by atoms with Crippen LogP contribution in [-0.4, -0.2) is 44.8 Å². The second-order valence-corrected chi connectivity index (χ2v) is 8.26. The Morgan fingerprint density at radius 1 is 1.19 bits per heavy atom. The van der Waals surface area contributed by atoms with Gasteiger partial charge in [-0.15, -0.1) is 0 Å². The van der Waals surface area contributed by atoms with Crippen LogP contribution in [0.1, 0.15) is 34.5 Å². The van der Waals surface area contributed by atoms with Gasteiger partial charge in [0.05, 0.1) is 37.2 Å². The van der Waals surface area contributed by atoms with Crippen molar-refractivity contribution in [2.75, 3.05) is 19.5 Å². The largest absolute Gasteiger partial charge is 0.493 e. The van der Waals surface area contributed by atoms with Crippen molar-refractivity contribution in [3.05, 3.63) is 73.9 Å². The summed E-state index contributed by atoms with van der Waals surface area (Å²) in [5, 5.41) is 18.8. The summed E-state index contributed by atoms with van der Waals surface area (Å²) in [5.74, 6) is 0.0576. The standard InChI is InChI=1S/C24H22N6O7/c1-35-19-10-14(17(30(33)34)12-20(19)36-2)23(32)26-21-11-16(18-8-5-9-37-18)28-29(21)24-25-15-7-4-3-6-13(15)22(31)27-24/h5,8-12H,3-4,6-7H2,1-2H3,(H,26,32)(H,25,27,31). The van der Waals surface area contributed by atoms with Crippen LogP contribution >= 0.6 is 0 Å². The Bertz CT molecular complexity index is 1550. The molecule has 1 amide bonds. The number of H-pyrrole nitrogens is 1. The molecule has 5 rings (SSSR count). The van der Waals surface area contributed by atoms with Gasteiger partial charge in [-0.05, 0) is 37.8 Å². The Morgan fingerprint density at radius 3 is 2.65 bits per heavy atom.